The number of rotatable bonds is 6. The lowest BCUT2D eigenvalue weighted by Gasteiger charge is -2.23. The van der Waals surface area contributed by atoms with E-state index in [1.54, 1.807) is 18.6 Å². The van der Waals surface area contributed by atoms with Gasteiger partial charge in [-0.1, -0.05) is 37.0 Å². The first-order valence-electron chi connectivity index (χ1n) is 13.8. The molecule has 5 rings (SSSR count). The molecule has 2 aromatic carbocycles. The smallest absolute Gasteiger partial charge is 0.407 e. The first-order valence-corrected chi connectivity index (χ1v) is 13.8. The molecule has 1 atom stereocenters. The van der Waals surface area contributed by atoms with Crippen LogP contribution in [0.4, 0.5) is 10.6 Å². The number of anilines is 1. The predicted octanol–water partition coefficient (Wildman–Crippen LogP) is 6.51. The van der Waals surface area contributed by atoms with E-state index in [4.69, 9.17) is 15.2 Å². The van der Waals surface area contributed by atoms with Crippen LogP contribution in [0, 0.1) is 11.8 Å². The Balaban J connectivity index is 1.42. The maximum Gasteiger partial charge on any atom is 0.407 e. The average Bonchev–Trinajstić information content (AvgIpc) is 2.97. The molecule has 0 aliphatic carbocycles. The van der Waals surface area contributed by atoms with Crippen LogP contribution in [0.15, 0.2) is 79.3 Å². The van der Waals surface area contributed by atoms with Crippen molar-refractivity contribution in [1.29, 1.82) is 0 Å². The number of aromatic nitrogens is 3. The van der Waals surface area contributed by atoms with Gasteiger partial charge >= 0.3 is 6.09 Å². The van der Waals surface area contributed by atoms with E-state index in [2.05, 4.69) is 32.1 Å². The molecule has 8 heteroatoms. The standard InChI is InChI=1S/C34H33N5O3/c1-5-25(38-33(40)42-34(2,3)4)21-41-26-16-24(18-36-19-26)31-17-27-28-15-23(12-11-22-9-7-6-8-10-22)13-14-30(28)37-20-29(27)32(35)39-31/h6-10,13-20,25H,5,21H2,1-4H3,(H2,35,39)(H,38,40)/t25-/m1/s1. The number of pyridine rings is 3. The Morgan fingerprint density at radius 3 is 2.50 bits per heavy atom. The minimum absolute atomic E-state index is 0.226. The molecule has 0 aliphatic heterocycles. The van der Waals surface area contributed by atoms with E-state index in [1.807, 2.05) is 88.4 Å². The van der Waals surface area contributed by atoms with Gasteiger partial charge in [-0.15, -0.1) is 0 Å². The normalized spacial score (nSPS) is 11.9. The summed E-state index contributed by atoms with van der Waals surface area (Å²) in [6.07, 6.45) is 5.30. The fourth-order valence-electron chi connectivity index (χ4n) is 4.39. The molecule has 1 amide bonds. The molecule has 3 aromatic heterocycles. The van der Waals surface area contributed by atoms with Crippen LogP contribution in [0.1, 0.15) is 45.2 Å². The third-order valence-electron chi connectivity index (χ3n) is 6.51. The Morgan fingerprint density at radius 2 is 1.74 bits per heavy atom. The van der Waals surface area contributed by atoms with Crippen molar-refractivity contribution in [2.45, 2.75) is 45.8 Å². The molecule has 8 nitrogen and oxygen atoms in total. The summed E-state index contributed by atoms with van der Waals surface area (Å²) in [4.78, 5) is 25.8. The topological polar surface area (TPSA) is 112 Å². The molecule has 3 N–H and O–H groups in total. The van der Waals surface area contributed by atoms with E-state index < -0.39 is 11.7 Å². The van der Waals surface area contributed by atoms with Crippen LogP contribution in [0.2, 0.25) is 0 Å². The zero-order valence-corrected chi connectivity index (χ0v) is 24.1. The maximum atomic E-state index is 12.2. The quantitative estimate of drug-likeness (QED) is 0.180. The average molecular weight is 560 g/mol. The summed E-state index contributed by atoms with van der Waals surface area (Å²) in [6.45, 7) is 7.71. The van der Waals surface area contributed by atoms with E-state index in [0.717, 1.165) is 38.4 Å². The first-order chi connectivity index (χ1) is 20.2. The molecular weight excluding hydrogens is 526 g/mol. The van der Waals surface area contributed by atoms with E-state index in [1.165, 1.54) is 0 Å². The van der Waals surface area contributed by atoms with Crippen LogP contribution in [-0.2, 0) is 4.74 Å². The Bertz CT molecular complexity index is 1800. The number of nitrogens with one attached hydrogen (secondary N) is 1. The summed E-state index contributed by atoms with van der Waals surface area (Å²) >= 11 is 0. The van der Waals surface area contributed by atoms with Crippen LogP contribution in [0.25, 0.3) is 32.9 Å². The van der Waals surface area contributed by atoms with Crippen LogP contribution in [-0.4, -0.2) is 39.3 Å². The zero-order chi connectivity index (χ0) is 29.7. The molecule has 5 aromatic rings. The lowest BCUT2D eigenvalue weighted by Crippen LogP contribution is -2.41. The van der Waals surface area contributed by atoms with Crippen LogP contribution in [0.5, 0.6) is 5.75 Å². The molecule has 0 saturated carbocycles. The summed E-state index contributed by atoms with van der Waals surface area (Å²) in [5.41, 5.74) is 9.91. The van der Waals surface area contributed by atoms with E-state index in [9.17, 15) is 4.79 Å². The number of carbonyl (C=O) groups is 1. The highest BCUT2D eigenvalue weighted by atomic mass is 16.6. The number of nitrogen functional groups attached to an aromatic ring is 1. The molecule has 3 heterocycles. The molecule has 0 radical (unpaired) electrons. The second-order valence-corrected chi connectivity index (χ2v) is 10.9. The van der Waals surface area contributed by atoms with Crippen molar-refractivity contribution in [1.82, 2.24) is 20.3 Å². The highest BCUT2D eigenvalue weighted by Gasteiger charge is 2.19. The number of nitrogens with two attached hydrogens (primary N) is 1. The third kappa shape index (κ3) is 6.94. The Hall–Kier alpha value is -5.16. The van der Waals surface area contributed by atoms with Crippen molar-refractivity contribution < 1.29 is 14.3 Å². The van der Waals surface area contributed by atoms with Gasteiger partial charge in [-0.05, 0) is 75.0 Å². The number of nitrogens with zero attached hydrogens (tertiary/aromatic N) is 3. The number of hydrogen-bond donors (Lipinski definition) is 2. The maximum absolute atomic E-state index is 12.2. The van der Waals surface area contributed by atoms with Gasteiger partial charge in [-0.25, -0.2) is 9.78 Å². The monoisotopic (exact) mass is 559 g/mol. The lowest BCUT2D eigenvalue weighted by molar-refractivity contribution is 0.0486. The van der Waals surface area contributed by atoms with E-state index in [-0.39, 0.29) is 12.6 Å². The molecule has 0 bridgehead atoms. The van der Waals surface area contributed by atoms with Crippen molar-refractivity contribution in [2.24, 2.45) is 0 Å². The third-order valence-corrected chi connectivity index (χ3v) is 6.51. The highest BCUT2D eigenvalue weighted by Crippen LogP contribution is 2.32. The van der Waals surface area contributed by atoms with E-state index >= 15 is 0 Å². The highest BCUT2D eigenvalue weighted by molar-refractivity contribution is 6.10. The van der Waals surface area contributed by atoms with E-state index in [0.29, 0.717) is 23.7 Å². The molecule has 0 unspecified atom stereocenters. The number of alkyl carbamates (subject to hydrolysis) is 1. The second-order valence-electron chi connectivity index (χ2n) is 10.9. The second kappa shape index (κ2) is 12.1. The summed E-state index contributed by atoms with van der Waals surface area (Å²) in [5.74, 6) is 7.39. The van der Waals surface area contributed by atoms with Gasteiger partial charge in [0.1, 0.15) is 23.8 Å². The first kappa shape index (κ1) is 28.4. The van der Waals surface area contributed by atoms with Crippen LogP contribution in [0.3, 0.4) is 0 Å². The molecule has 0 aliphatic rings. The van der Waals surface area contributed by atoms with Gasteiger partial charge in [0.2, 0.25) is 0 Å². The Morgan fingerprint density at radius 1 is 0.952 bits per heavy atom. The fourth-order valence-corrected chi connectivity index (χ4v) is 4.39. The van der Waals surface area contributed by atoms with Gasteiger partial charge < -0.3 is 20.5 Å². The Labute approximate surface area is 245 Å². The number of hydrogen-bond acceptors (Lipinski definition) is 7. The minimum atomic E-state index is -0.575. The molecule has 0 spiro atoms. The van der Waals surface area contributed by atoms with Gasteiger partial charge in [0.25, 0.3) is 0 Å². The summed E-state index contributed by atoms with van der Waals surface area (Å²) in [6, 6.07) is 19.5. The summed E-state index contributed by atoms with van der Waals surface area (Å²) < 4.78 is 11.4. The fraction of sp³-hybridized carbons (Fsp3) is 0.235. The van der Waals surface area contributed by atoms with Gasteiger partial charge in [-0.2, -0.15) is 0 Å². The van der Waals surface area contributed by atoms with Crippen molar-refractivity contribution in [3.63, 3.8) is 0 Å². The molecule has 42 heavy (non-hydrogen) atoms. The van der Waals surface area contributed by atoms with Crippen molar-refractivity contribution >= 4 is 33.6 Å². The van der Waals surface area contributed by atoms with Crippen molar-refractivity contribution in [3.05, 3.63) is 90.4 Å². The summed E-state index contributed by atoms with van der Waals surface area (Å²) in [5, 5.41) is 5.47. The molecular formula is C34H33N5O3. The minimum Gasteiger partial charge on any atom is -0.490 e. The number of amides is 1. The molecule has 0 fully saturated rings. The number of fused-ring (bicyclic) bond motifs is 3. The summed E-state index contributed by atoms with van der Waals surface area (Å²) in [7, 11) is 0. The van der Waals surface area contributed by atoms with Gasteiger partial charge in [-0.3, -0.25) is 9.97 Å². The largest absolute Gasteiger partial charge is 0.490 e. The predicted molar refractivity (Wildman–Crippen MR) is 166 cm³/mol. The zero-order valence-electron chi connectivity index (χ0n) is 24.1. The molecule has 0 saturated heterocycles. The van der Waals surface area contributed by atoms with Gasteiger partial charge in [0.15, 0.2) is 0 Å². The number of ether oxygens (including phenoxy) is 2. The Kier molecular flexibility index (Phi) is 8.21. The van der Waals surface area contributed by atoms with Crippen LogP contribution >= 0.6 is 0 Å². The van der Waals surface area contributed by atoms with Gasteiger partial charge in [0, 0.05) is 39.9 Å². The number of carbonyl (C=O) groups excluding carboxylic acids is 1. The van der Waals surface area contributed by atoms with Crippen LogP contribution < -0.4 is 15.8 Å². The number of benzene rings is 2. The van der Waals surface area contributed by atoms with Crippen molar-refractivity contribution in [2.75, 3.05) is 12.3 Å². The van der Waals surface area contributed by atoms with Gasteiger partial charge in [0.05, 0.1) is 23.4 Å². The SMILES string of the molecule is CC[C@H](COc1cncc(-c2cc3c(cnc4ccc(C#Cc5ccccc5)cc43)c(N)n2)c1)NC(=O)OC(C)(C)C. The molecule has 212 valence electrons. The van der Waals surface area contributed by atoms with Crippen molar-refractivity contribution in [3.8, 4) is 28.8 Å². The lowest BCUT2D eigenvalue weighted by atomic mass is 10.0.